The van der Waals surface area contributed by atoms with Crippen molar-refractivity contribution in [2.75, 3.05) is 7.11 Å². The molecule has 2 aromatic carbocycles. The van der Waals surface area contributed by atoms with E-state index in [-0.39, 0.29) is 5.97 Å². The van der Waals surface area contributed by atoms with E-state index in [1.807, 2.05) is 30.3 Å². The van der Waals surface area contributed by atoms with Crippen LogP contribution >= 0.6 is 11.3 Å². The van der Waals surface area contributed by atoms with Crippen LogP contribution in [0.1, 0.15) is 17.2 Å². The summed E-state index contributed by atoms with van der Waals surface area (Å²) in [5.41, 5.74) is 5.26. The van der Waals surface area contributed by atoms with Gasteiger partial charge in [-0.2, -0.15) is 0 Å². The topological polar surface area (TPSA) is 35.5 Å². The van der Waals surface area contributed by atoms with Crippen LogP contribution in [0.3, 0.4) is 0 Å². The average molecular weight is 336 g/mol. The lowest BCUT2D eigenvalue weighted by Gasteiger charge is -2.15. The number of benzene rings is 2. The summed E-state index contributed by atoms with van der Waals surface area (Å²) in [6, 6.07) is 18.3. The highest BCUT2D eigenvalue weighted by atomic mass is 32.1. The molecule has 0 saturated carbocycles. The van der Waals surface area contributed by atoms with Crippen LogP contribution in [0.5, 0.6) is 0 Å². The lowest BCUT2D eigenvalue weighted by Crippen LogP contribution is -2.17. The zero-order chi connectivity index (χ0) is 16.5. The van der Waals surface area contributed by atoms with E-state index in [0.717, 1.165) is 27.8 Å². The molecule has 0 aliphatic carbocycles. The second kappa shape index (κ2) is 6.23. The molecule has 4 heteroatoms. The number of hydrogen-bond acceptors (Lipinski definition) is 4. The van der Waals surface area contributed by atoms with E-state index >= 15 is 0 Å². The van der Waals surface area contributed by atoms with Crippen molar-refractivity contribution >= 4 is 17.3 Å². The first-order valence-electron chi connectivity index (χ1n) is 7.74. The maximum Gasteiger partial charge on any atom is 0.339 e. The van der Waals surface area contributed by atoms with Gasteiger partial charge >= 0.3 is 5.97 Å². The predicted octanol–water partition coefficient (Wildman–Crippen LogP) is 4.83. The summed E-state index contributed by atoms with van der Waals surface area (Å²) < 4.78 is 10.9. The number of esters is 1. The van der Waals surface area contributed by atoms with E-state index in [9.17, 15) is 4.79 Å². The Hall–Kier alpha value is -2.43. The summed E-state index contributed by atoms with van der Waals surface area (Å²) in [6.45, 7) is 0.373. The quantitative estimate of drug-likeness (QED) is 0.629. The molecule has 1 aliphatic rings. The summed E-state index contributed by atoms with van der Waals surface area (Å²) in [5.74, 6) is -0.368. The van der Waals surface area contributed by atoms with Crippen LogP contribution in [0.15, 0.2) is 60.0 Å². The Bertz CT molecular complexity index is 884. The van der Waals surface area contributed by atoms with Gasteiger partial charge in [0.1, 0.15) is 0 Å². The first-order valence-corrected chi connectivity index (χ1v) is 8.62. The number of thiophene rings is 1. The Morgan fingerprint density at radius 1 is 1.04 bits per heavy atom. The summed E-state index contributed by atoms with van der Waals surface area (Å²) in [4.78, 5) is 13.4. The van der Waals surface area contributed by atoms with Gasteiger partial charge in [0, 0.05) is 4.88 Å². The third-order valence-electron chi connectivity index (χ3n) is 4.31. The Morgan fingerprint density at radius 3 is 2.62 bits per heavy atom. The highest BCUT2D eigenvalue weighted by Crippen LogP contribution is 2.41. The zero-order valence-corrected chi connectivity index (χ0v) is 14.0. The minimum Gasteiger partial charge on any atom is -0.467 e. The van der Waals surface area contributed by atoms with Crippen molar-refractivity contribution in [1.82, 2.24) is 0 Å². The molecule has 0 spiro atoms. The minimum atomic E-state index is -0.699. The number of rotatable bonds is 2. The number of methoxy groups -OCH3 is 1. The van der Waals surface area contributed by atoms with Gasteiger partial charge in [-0.05, 0) is 39.3 Å². The molecule has 1 atom stereocenters. The van der Waals surface area contributed by atoms with Crippen LogP contribution in [0.25, 0.3) is 21.6 Å². The maximum absolute atomic E-state index is 12.2. The summed E-state index contributed by atoms with van der Waals surface area (Å²) >= 11 is 1.70. The van der Waals surface area contributed by atoms with Gasteiger partial charge in [-0.15, -0.1) is 11.3 Å². The summed E-state index contributed by atoms with van der Waals surface area (Å²) in [6.07, 6.45) is -0.699. The monoisotopic (exact) mass is 336 g/mol. The first-order chi connectivity index (χ1) is 11.8. The second-order valence-corrected chi connectivity index (χ2v) is 6.56. The van der Waals surface area contributed by atoms with Crippen molar-refractivity contribution in [2.24, 2.45) is 0 Å². The van der Waals surface area contributed by atoms with Crippen LogP contribution in [0, 0.1) is 0 Å². The number of carbonyl (C=O) groups is 1. The largest absolute Gasteiger partial charge is 0.467 e. The van der Waals surface area contributed by atoms with Crippen molar-refractivity contribution in [3.8, 4) is 21.6 Å². The van der Waals surface area contributed by atoms with Gasteiger partial charge in [0.2, 0.25) is 0 Å². The molecule has 2 heterocycles. The standard InChI is InChI=1S/C20H16O3S/c1-22-20(21)19-16-7-3-2-6-13(16)14-8-4-9-15(17(14)12-23-19)18-10-5-11-24-18/h2-11,19H,12H2,1H3. The fraction of sp³-hybridized carbons (Fsp3) is 0.150. The molecule has 0 N–H and O–H groups in total. The molecule has 1 aliphatic heterocycles. The van der Waals surface area contributed by atoms with Gasteiger partial charge < -0.3 is 9.47 Å². The van der Waals surface area contributed by atoms with E-state index in [0.29, 0.717) is 6.61 Å². The van der Waals surface area contributed by atoms with Gasteiger partial charge in [0.15, 0.2) is 6.10 Å². The van der Waals surface area contributed by atoms with Gasteiger partial charge in [0.05, 0.1) is 13.7 Å². The van der Waals surface area contributed by atoms with Crippen LogP contribution in [0.2, 0.25) is 0 Å². The summed E-state index contributed by atoms with van der Waals surface area (Å²) in [5, 5.41) is 2.07. The fourth-order valence-corrected chi connectivity index (χ4v) is 3.97. The molecule has 0 radical (unpaired) electrons. The molecule has 1 aromatic heterocycles. The number of fused-ring (bicyclic) bond motifs is 3. The number of ether oxygens (including phenoxy) is 2. The molecule has 1 unspecified atom stereocenters. The molecule has 3 aromatic rings. The summed E-state index contributed by atoms with van der Waals surface area (Å²) in [7, 11) is 1.39. The van der Waals surface area contributed by atoms with Crippen molar-refractivity contribution < 1.29 is 14.3 Å². The van der Waals surface area contributed by atoms with Crippen molar-refractivity contribution in [1.29, 1.82) is 0 Å². The molecule has 3 nitrogen and oxygen atoms in total. The Balaban J connectivity index is 1.93. The maximum atomic E-state index is 12.2. The Morgan fingerprint density at radius 2 is 1.83 bits per heavy atom. The zero-order valence-electron chi connectivity index (χ0n) is 13.2. The van der Waals surface area contributed by atoms with Gasteiger partial charge in [-0.1, -0.05) is 48.5 Å². The smallest absolute Gasteiger partial charge is 0.339 e. The van der Waals surface area contributed by atoms with E-state index in [4.69, 9.17) is 9.47 Å². The molecule has 120 valence electrons. The van der Waals surface area contributed by atoms with Crippen molar-refractivity contribution in [3.63, 3.8) is 0 Å². The Labute approximate surface area is 144 Å². The van der Waals surface area contributed by atoms with Gasteiger partial charge in [-0.25, -0.2) is 4.79 Å². The highest BCUT2D eigenvalue weighted by Gasteiger charge is 2.30. The normalized spacial score (nSPS) is 16.0. The van der Waals surface area contributed by atoms with Crippen LogP contribution in [0.4, 0.5) is 0 Å². The molecular weight excluding hydrogens is 320 g/mol. The van der Waals surface area contributed by atoms with E-state index in [1.165, 1.54) is 12.0 Å². The van der Waals surface area contributed by atoms with Crippen LogP contribution < -0.4 is 0 Å². The third-order valence-corrected chi connectivity index (χ3v) is 5.21. The van der Waals surface area contributed by atoms with Crippen LogP contribution in [-0.4, -0.2) is 13.1 Å². The minimum absolute atomic E-state index is 0.368. The number of carbonyl (C=O) groups excluding carboxylic acids is 1. The number of hydrogen-bond donors (Lipinski definition) is 0. The molecular formula is C20H16O3S. The van der Waals surface area contributed by atoms with Crippen LogP contribution in [-0.2, 0) is 20.9 Å². The SMILES string of the molecule is COC(=O)C1OCc2c(-c3cccs3)cccc2-c2ccccc21. The second-order valence-electron chi connectivity index (χ2n) is 5.61. The Kier molecular flexibility index (Phi) is 3.92. The van der Waals surface area contributed by atoms with Crippen molar-refractivity contribution in [2.45, 2.75) is 12.7 Å². The van der Waals surface area contributed by atoms with E-state index < -0.39 is 6.10 Å². The van der Waals surface area contributed by atoms with Gasteiger partial charge in [0.25, 0.3) is 0 Å². The molecule has 0 fully saturated rings. The predicted molar refractivity (Wildman–Crippen MR) is 94.7 cm³/mol. The van der Waals surface area contributed by atoms with E-state index in [1.54, 1.807) is 11.3 Å². The molecule has 0 saturated heterocycles. The highest BCUT2D eigenvalue weighted by molar-refractivity contribution is 7.13. The van der Waals surface area contributed by atoms with Crippen molar-refractivity contribution in [3.05, 3.63) is 71.1 Å². The molecule has 0 bridgehead atoms. The lowest BCUT2D eigenvalue weighted by molar-refractivity contribution is -0.155. The first kappa shape index (κ1) is 15.1. The third kappa shape index (κ3) is 2.44. The molecule has 4 rings (SSSR count). The fourth-order valence-electron chi connectivity index (χ4n) is 3.19. The average Bonchev–Trinajstić information content (AvgIpc) is 3.10. The lowest BCUT2D eigenvalue weighted by atomic mass is 9.91. The van der Waals surface area contributed by atoms with Gasteiger partial charge in [-0.3, -0.25) is 0 Å². The molecule has 0 amide bonds. The van der Waals surface area contributed by atoms with E-state index in [2.05, 4.69) is 29.6 Å². The molecule has 24 heavy (non-hydrogen) atoms.